The molecule has 2 aliphatic rings. The second-order valence-corrected chi connectivity index (χ2v) is 5.97. The minimum Gasteiger partial charge on any atom is -0.308 e. The highest BCUT2D eigenvalue weighted by molar-refractivity contribution is 4.96. The molecule has 2 rings (SSSR count). The van der Waals surface area contributed by atoms with Gasteiger partial charge in [0.15, 0.2) is 0 Å². The summed E-state index contributed by atoms with van der Waals surface area (Å²) in [5.74, 6) is 1.01. The van der Waals surface area contributed by atoms with Gasteiger partial charge in [-0.2, -0.15) is 0 Å². The average Bonchev–Trinajstić information content (AvgIpc) is 2.33. The van der Waals surface area contributed by atoms with Crippen LogP contribution in [-0.2, 0) is 0 Å². The molecule has 1 heteroatoms. The van der Waals surface area contributed by atoms with E-state index in [1.165, 1.54) is 64.2 Å². The summed E-state index contributed by atoms with van der Waals surface area (Å²) >= 11 is 0. The standard InChI is InChI=1S/C16H29N/c1-2-14-10-12-16(13-11-14)17-15-8-6-4-3-5-7-9-15/h6,8,14-17H,2-5,7,9-13H2,1H3/b8-6+. The molecular formula is C16H29N. The van der Waals surface area contributed by atoms with Gasteiger partial charge in [0.25, 0.3) is 0 Å². The zero-order valence-corrected chi connectivity index (χ0v) is 11.5. The molecule has 1 unspecified atom stereocenters. The van der Waals surface area contributed by atoms with Crippen molar-refractivity contribution in [3.05, 3.63) is 12.2 Å². The lowest BCUT2D eigenvalue weighted by Gasteiger charge is -2.31. The van der Waals surface area contributed by atoms with Crippen molar-refractivity contribution in [1.29, 1.82) is 0 Å². The van der Waals surface area contributed by atoms with Crippen LogP contribution in [0, 0.1) is 5.92 Å². The molecule has 0 aliphatic heterocycles. The molecule has 0 aromatic heterocycles. The third kappa shape index (κ3) is 4.46. The molecule has 1 nitrogen and oxygen atoms in total. The molecule has 1 N–H and O–H groups in total. The fourth-order valence-corrected chi connectivity index (χ4v) is 3.34. The molecule has 17 heavy (non-hydrogen) atoms. The Balaban J connectivity index is 1.74. The molecule has 0 saturated heterocycles. The fraction of sp³-hybridized carbons (Fsp3) is 0.875. The highest BCUT2D eigenvalue weighted by atomic mass is 14.9. The van der Waals surface area contributed by atoms with E-state index in [1.807, 2.05) is 0 Å². The zero-order valence-electron chi connectivity index (χ0n) is 11.5. The number of allylic oxidation sites excluding steroid dienone is 1. The molecule has 0 spiro atoms. The van der Waals surface area contributed by atoms with Crippen molar-refractivity contribution >= 4 is 0 Å². The molecular weight excluding hydrogens is 206 g/mol. The first kappa shape index (κ1) is 13.1. The SMILES string of the molecule is CCC1CCC(NC2/C=C/CCCCC2)CC1. The molecule has 1 saturated carbocycles. The van der Waals surface area contributed by atoms with E-state index in [0.29, 0.717) is 6.04 Å². The molecule has 1 fully saturated rings. The summed E-state index contributed by atoms with van der Waals surface area (Å²) in [5, 5.41) is 3.88. The van der Waals surface area contributed by atoms with Crippen LogP contribution in [0.5, 0.6) is 0 Å². The van der Waals surface area contributed by atoms with Crippen molar-refractivity contribution in [2.45, 2.75) is 83.2 Å². The van der Waals surface area contributed by atoms with E-state index in [4.69, 9.17) is 0 Å². The third-order valence-corrected chi connectivity index (χ3v) is 4.63. The largest absolute Gasteiger partial charge is 0.308 e. The first-order chi connectivity index (χ1) is 8.38. The summed E-state index contributed by atoms with van der Waals surface area (Å²) < 4.78 is 0. The Labute approximate surface area is 107 Å². The Morgan fingerprint density at radius 3 is 2.59 bits per heavy atom. The minimum absolute atomic E-state index is 0.665. The van der Waals surface area contributed by atoms with Crippen LogP contribution in [0.4, 0.5) is 0 Å². The summed E-state index contributed by atoms with van der Waals surface area (Å²) in [5.41, 5.74) is 0. The lowest BCUT2D eigenvalue weighted by molar-refractivity contribution is 0.273. The summed E-state index contributed by atoms with van der Waals surface area (Å²) in [6.45, 7) is 2.34. The monoisotopic (exact) mass is 235 g/mol. The maximum atomic E-state index is 3.88. The molecule has 1 atom stereocenters. The van der Waals surface area contributed by atoms with Gasteiger partial charge in [0.1, 0.15) is 0 Å². The molecule has 0 aromatic rings. The smallest absolute Gasteiger partial charge is 0.0252 e. The summed E-state index contributed by atoms with van der Waals surface area (Å²) in [4.78, 5) is 0. The molecule has 0 amide bonds. The number of rotatable bonds is 3. The maximum absolute atomic E-state index is 3.88. The van der Waals surface area contributed by atoms with Crippen molar-refractivity contribution < 1.29 is 0 Å². The van der Waals surface area contributed by atoms with Crippen LogP contribution in [0.1, 0.15) is 71.1 Å². The van der Waals surface area contributed by atoms with Gasteiger partial charge in [0, 0.05) is 12.1 Å². The number of nitrogens with one attached hydrogen (secondary N) is 1. The van der Waals surface area contributed by atoms with Crippen LogP contribution in [0.15, 0.2) is 12.2 Å². The maximum Gasteiger partial charge on any atom is 0.0252 e. The summed E-state index contributed by atoms with van der Waals surface area (Å²) in [6.07, 6.45) is 18.8. The second-order valence-electron chi connectivity index (χ2n) is 5.97. The Morgan fingerprint density at radius 1 is 1.00 bits per heavy atom. The van der Waals surface area contributed by atoms with E-state index < -0.39 is 0 Å². The first-order valence-electron chi connectivity index (χ1n) is 7.81. The quantitative estimate of drug-likeness (QED) is 0.713. The van der Waals surface area contributed by atoms with Gasteiger partial charge in [0.05, 0.1) is 0 Å². The van der Waals surface area contributed by atoms with Crippen LogP contribution in [0.2, 0.25) is 0 Å². The Bertz CT molecular complexity index is 226. The fourth-order valence-electron chi connectivity index (χ4n) is 3.34. The predicted molar refractivity (Wildman–Crippen MR) is 75.2 cm³/mol. The lowest BCUT2D eigenvalue weighted by Crippen LogP contribution is -2.39. The molecule has 0 bridgehead atoms. The molecule has 0 heterocycles. The van der Waals surface area contributed by atoms with Gasteiger partial charge in [-0.05, 0) is 50.9 Å². The third-order valence-electron chi connectivity index (χ3n) is 4.63. The van der Waals surface area contributed by atoms with Crippen LogP contribution in [0.3, 0.4) is 0 Å². The molecule has 98 valence electrons. The number of hydrogen-bond acceptors (Lipinski definition) is 1. The molecule has 0 aromatic carbocycles. The molecule has 2 aliphatic carbocycles. The highest BCUT2D eigenvalue weighted by Gasteiger charge is 2.21. The summed E-state index contributed by atoms with van der Waals surface area (Å²) in [6, 6.07) is 1.46. The first-order valence-corrected chi connectivity index (χ1v) is 7.81. The van der Waals surface area contributed by atoms with Crippen molar-refractivity contribution in [1.82, 2.24) is 5.32 Å². The van der Waals surface area contributed by atoms with E-state index in [-0.39, 0.29) is 0 Å². The number of hydrogen-bond donors (Lipinski definition) is 1. The van der Waals surface area contributed by atoms with Crippen LogP contribution < -0.4 is 5.32 Å². The van der Waals surface area contributed by atoms with Gasteiger partial charge in [-0.15, -0.1) is 0 Å². The van der Waals surface area contributed by atoms with Crippen LogP contribution >= 0.6 is 0 Å². The Hall–Kier alpha value is -0.300. The minimum atomic E-state index is 0.665. The van der Waals surface area contributed by atoms with E-state index in [9.17, 15) is 0 Å². The van der Waals surface area contributed by atoms with Crippen LogP contribution in [0.25, 0.3) is 0 Å². The predicted octanol–water partition coefficient (Wildman–Crippen LogP) is 4.43. The normalized spacial score (nSPS) is 37.1. The van der Waals surface area contributed by atoms with Crippen molar-refractivity contribution in [2.24, 2.45) is 5.92 Å². The van der Waals surface area contributed by atoms with Gasteiger partial charge < -0.3 is 5.32 Å². The zero-order chi connectivity index (χ0) is 11.9. The lowest BCUT2D eigenvalue weighted by atomic mass is 9.84. The van der Waals surface area contributed by atoms with Crippen molar-refractivity contribution in [3.63, 3.8) is 0 Å². The van der Waals surface area contributed by atoms with Gasteiger partial charge in [0.2, 0.25) is 0 Å². The van der Waals surface area contributed by atoms with Crippen molar-refractivity contribution in [2.75, 3.05) is 0 Å². The topological polar surface area (TPSA) is 12.0 Å². The van der Waals surface area contributed by atoms with E-state index in [0.717, 1.165) is 12.0 Å². The van der Waals surface area contributed by atoms with E-state index >= 15 is 0 Å². The van der Waals surface area contributed by atoms with Gasteiger partial charge in [-0.3, -0.25) is 0 Å². The second kappa shape index (κ2) is 7.20. The highest BCUT2D eigenvalue weighted by Crippen LogP contribution is 2.27. The Kier molecular flexibility index (Phi) is 5.57. The van der Waals surface area contributed by atoms with Gasteiger partial charge in [-0.1, -0.05) is 38.3 Å². The summed E-state index contributed by atoms with van der Waals surface area (Å²) in [7, 11) is 0. The molecule has 0 radical (unpaired) electrons. The van der Waals surface area contributed by atoms with Gasteiger partial charge in [-0.25, -0.2) is 0 Å². The Morgan fingerprint density at radius 2 is 1.82 bits per heavy atom. The van der Waals surface area contributed by atoms with E-state index in [2.05, 4.69) is 24.4 Å². The van der Waals surface area contributed by atoms with E-state index in [1.54, 1.807) is 0 Å². The van der Waals surface area contributed by atoms with Crippen LogP contribution in [-0.4, -0.2) is 12.1 Å². The van der Waals surface area contributed by atoms with Crippen molar-refractivity contribution in [3.8, 4) is 0 Å². The van der Waals surface area contributed by atoms with Gasteiger partial charge >= 0.3 is 0 Å². The average molecular weight is 235 g/mol.